The van der Waals surface area contributed by atoms with E-state index in [4.69, 9.17) is 9.84 Å². The van der Waals surface area contributed by atoms with Crippen molar-refractivity contribution in [1.29, 1.82) is 0 Å². The Hall–Kier alpha value is -2.89. The van der Waals surface area contributed by atoms with Gasteiger partial charge in [0.15, 0.2) is 0 Å². The molecule has 0 saturated carbocycles. The lowest BCUT2D eigenvalue weighted by Gasteiger charge is -2.10. The van der Waals surface area contributed by atoms with E-state index in [0.29, 0.717) is 17.0 Å². The number of aromatic nitrogens is 1. The topological polar surface area (TPSA) is 88.5 Å². The van der Waals surface area contributed by atoms with Crippen LogP contribution in [0, 0.1) is 6.92 Å². The van der Waals surface area contributed by atoms with Crippen LogP contribution in [0.25, 0.3) is 0 Å². The summed E-state index contributed by atoms with van der Waals surface area (Å²) in [7, 11) is 1.47. The van der Waals surface area contributed by atoms with Crippen LogP contribution in [-0.4, -0.2) is 29.1 Å². The largest absolute Gasteiger partial charge is 0.497 e. The maximum absolute atomic E-state index is 12.2. The number of ether oxygens (including phenoxy) is 1. The van der Waals surface area contributed by atoms with Crippen molar-refractivity contribution in [3.05, 3.63) is 53.3 Å². The molecule has 1 aromatic heterocycles. The first kappa shape index (κ1) is 14.5. The van der Waals surface area contributed by atoms with E-state index < -0.39 is 11.9 Å². The summed E-state index contributed by atoms with van der Waals surface area (Å²) < 4.78 is 5.04. The van der Waals surface area contributed by atoms with E-state index in [1.54, 1.807) is 19.1 Å². The standard InChI is InChI=1S/C15H14N2O4/c1-9-7-10(5-6-16-9)14(18)17-13-8-11(21-2)3-4-12(13)15(19)20/h3-8H,1-2H3,(H,17,18)(H,19,20). The summed E-state index contributed by atoms with van der Waals surface area (Å²) in [6, 6.07) is 7.55. The summed E-state index contributed by atoms with van der Waals surface area (Å²) in [6.45, 7) is 1.77. The predicted octanol–water partition coefficient (Wildman–Crippen LogP) is 2.35. The van der Waals surface area contributed by atoms with Crippen molar-refractivity contribution in [2.75, 3.05) is 12.4 Å². The van der Waals surface area contributed by atoms with Crippen LogP contribution < -0.4 is 10.1 Å². The molecule has 6 nitrogen and oxygen atoms in total. The molecule has 0 atom stereocenters. The van der Waals surface area contributed by atoms with Crippen LogP contribution in [0.5, 0.6) is 5.75 Å². The lowest BCUT2D eigenvalue weighted by atomic mass is 10.1. The molecule has 0 aliphatic rings. The second-order valence-corrected chi connectivity index (χ2v) is 4.36. The maximum Gasteiger partial charge on any atom is 0.337 e. The quantitative estimate of drug-likeness (QED) is 0.900. The number of hydrogen-bond donors (Lipinski definition) is 2. The number of hydrogen-bond acceptors (Lipinski definition) is 4. The second-order valence-electron chi connectivity index (χ2n) is 4.36. The molecule has 2 N–H and O–H groups in total. The van der Waals surface area contributed by atoms with Crippen LogP contribution in [0.2, 0.25) is 0 Å². The number of rotatable bonds is 4. The van der Waals surface area contributed by atoms with Gasteiger partial charge >= 0.3 is 5.97 Å². The minimum absolute atomic E-state index is 0.00470. The first-order valence-electron chi connectivity index (χ1n) is 6.16. The van der Waals surface area contributed by atoms with Gasteiger partial charge in [0.2, 0.25) is 0 Å². The molecule has 1 aromatic carbocycles. The molecule has 108 valence electrons. The molecule has 0 aliphatic carbocycles. The molecule has 21 heavy (non-hydrogen) atoms. The van der Waals surface area contributed by atoms with E-state index in [9.17, 15) is 9.59 Å². The highest BCUT2D eigenvalue weighted by atomic mass is 16.5. The van der Waals surface area contributed by atoms with Gasteiger partial charge in [-0.05, 0) is 31.2 Å². The summed E-state index contributed by atoms with van der Waals surface area (Å²) in [5.41, 5.74) is 1.28. The van der Waals surface area contributed by atoms with E-state index in [1.807, 2.05) is 0 Å². The van der Waals surface area contributed by atoms with Crippen LogP contribution in [0.1, 0.15) is 26.4 Å². The number of carbonyl (C=O) groups is 2. The Bertz CT molecular complexity index is 698. The normalized spacial score (nSPS) is 10.0. The number of nitrogens with one attached hydrogen (secondary N) is 1. The molecule has 2 aromatic rings. The van der Waals surface area contributed by atoms with E-state index in [1.165, 1.54) is 31.5 Å². The van der Waals surface area contributed by atoms with Gasteiger partial charge in [-0.15, -0.1) is 0 Å². The Morgan fingerprint density at radius 2 is 2.00 bits per heavy atom. The fraction of sp³-hybridized carbons (Fsp3) is 0.133. The molecule has 0 unspecified atom stereocenters. The Kier molecular flexibility index (Phi) is 4.18. The average Bonchev–Trinajstić information content (AvgIpc) is 2.46. The monoisotopic (exact) mass is 286 g/mol. The zero-order chi connectivity index (χ0) is 15.4. The van der Waals surface area contributed by atoms with Crippen molar-refractivity contribution in [3.63, 3.8) is 0 Å². The molecular weight excluding hydrogens is 272 g/mol. The smallest absolute Gasteiger partial charge is 0.337 e. The van der Waals surface area contributed by atoms with Gasteiger partial charge in [0.1, 0.15) is 5.75 Å². The van der Waals surface area contributed by atoms with E-state index in [-0.39, 0.29) is 11.3 Å². The van der Waals surface area contributed by atoms with Crippen molar-refractivity contribution in [3.8, 4) is 5.75 Å². The number of carboxylic acid groups (broad SMARTS) is 1. The zero-order valence-electron chi connectivity index (χ0n) is 11.6. The minimum Gasteiger partial charge on any atom is -0.497 e. The first-order valence-corrected chi connectivity index (χ1v) is 6.16. The molecule has 0 aliphatic heterocycles. The predicted molar refractivity (Wildman–Crippen MR) is 76.9 cm³/mol. The van der Waals surface area contributed by atoms with Crippen molar-refractivity contribution in [1.82, 2.24) is 4.98 Å². The SMILES string of the molecule is COc1ccc(C(=O)O)c(NC(=O)c2ccnc(C)c2)c1. The van der Waals surface area contributed by atoms with Gasteiger partial charge in [0.05, 0.1) is 18.4 Å². The highest BCUT2D eigenvalue weighted by molar-refractivity contribution is 6.07. The number of amides is 1. The number of aromatic carboxylic acids is 1. The number of aryl methyl sites for hydroxylation is 1. The van der Waals surface area contributed by atoms with E-state index >= 15 is 0 Å². The van der Waals surface area contributed by atoms with Crippen molar-refractivity contribution >= 4 is 17.6 Å². The van der Waals surface area contributed by atoms with Gasteiger partial charge in [-0.3, -0.25) is 9.78 Å². The number of methoxy groups -OCH3 is 1. The second kappa shape index (κ2) is 6.04. The Morgan fingerprint density at radius 1 is 1.24 bits per heavy atom. The molecule has 0 radical (unpaired) electrons. The fourth-order valence-electron chi connectivity index (χ4n) is 1.82. The number of benzene rings is 1. The third kappa shape index (κ3) is 3.36. The van der Waals surface area contributed by atoms with Crippen molar-refractivity contribution in [2.45, 2.75) is 6.92 Å². The van der Waals surface area contributed by atoms with E-state index in [2.05, 4.69) is 10.3 Å². The molecule has 0 spiro atoms. The highest BCUT2D eigenvalue weighted by Crippen LogP contribution is 2.23. The molecule has 2 rings (SSSR count). The van der Waals surface area contributed by atoms with Crippen LogP contribution in [0.4, 0.5) is 5.69 Å². The summed E-state index contributed by atoms with van der Waals surface area (Å²) >= 11 is 0. The highest BCUT2D eigenvalue weighted by Gasteiger charge is 2.14. The molecule has 0 bridgehead atoms. The molecule has 0 saturated heterocycles. The molecule has 6 heteroatoms. The lowest BCUT2D eigenvalue weighted by molar-refractivity contribution is 0.0698. The molecule has 1 heterocycles. The number of anilines is 1. The number of carboxylic acids is 1. The van der Waals surface area contributed by atoms with Crippen LogP contribution in [0.15, 0.2) is 36.5 Å². The van der Waals surface area contributed by atoms with Crippen LogP contribution in [0.3, 0.4) is 0 Å². The van der Waals surface area contributed by atoms with Crippen molar-refractivity contribution in [2.24, 2.45) is 0 Å². The third-order valence-corrected chi connectivity index (χ3v) is 2.86. The summed E-state index contributed by atoms with van der Waals surface area (Å²) in [6.07, 6.45) is 1.52. The Morgan fingerprint density at radius 3 is 2.62 bits per heavy atom. The zero-order valence-corrected chi connectivity index (χ0v) is 11.6. The fourth-order valence-corrected chi connectivity index (χ4v) is 1.82. The van der Waals surface area contributed by atoms with Gasteiger partial charge < -0.3 is 15.2 Å². The third-order valence-electron chi connectivity index (χ3n) is 2.86. The Labute approximate surface area is 121 Å². The Balaban J connectivity index is 2.33. The lowest BCUT2D eigenvalue weighted by Crippen LogP contribution is -2.15. The number of pyridine rings is 1. The van der Waals surface area contributed by atoms with Crippen molar-refractivity contribution < 1.29 is 19.4 Å². The maximum atomic E-state index is 12.2. The number of nitrogens with zero attached hydrogens (tertiary/aromatic N) is 1. The average molecular weight is 286 g/mol. The van der Waals surface area contributed by atoms with Gasteiger partial charge in [-0.1, -0.05) is 0 Å². The minimum atomic E-state index is -1.13. The van der Waals surface area contributed by atoms with E-state index in [0.717, 1.165) is 0 Å². The van der Waals surface area contributed by atoms with Crippen LogP contribution >= 0.6 is 0 Å². The number of carbonyl (C=O) groups excluding carboxylic acids is 1. The summed E-state index contributed by atoms with van der Waals surface area (Å²) in [5.74, 6) is -1.07. The summed E-state index contributed by atoms with van der Waals surface area (Å²) in [5, 5.41) is 11.7. The summed E-state index contributed by atoms with van der Waals surface area (Å²) in [4.78, 5) is 27.4. The molecule has 0 fully saturated rings. The van der Waals surface area contributed by atoms with Gasteiger partial charge in [0, 0.05) is 23.5 Å². The molecular formula is C15H14N2O4. The van der Waals surface area contributed by atoms with Gasteiger partial charge in [-0.25, -0.2) is 4.79 Å². The van der Waals surface area contributed by atoms with Gasteiger partial charge in [-0.2, -0.15) is 0 Å². The van der Waals surface area contributed by atoms with Crippen LogP contribution in [-0.2, 0) is 0 Å². The molecule has 1 amide bonds. The van der Waals surface area contributed by atoms with Gasteiger partial charge in [0.25, 0.3) is 5.91 Å². The first-order chi connectivity index (χ1) is 10.0.